The van der Waals surface area contributed by atoms with Gasteiger partial charge in [0.1, 0.15) is 5.82 Å². The lowest BCUT2D eigenvalue weighted by atomic mass is 10.2. The molecule has 9 nitrogen and oxygen atoms in total. The minimum atomic E-state index is -1.28. The molecule has 0 saturated carbocycles. The molecule has 0 atom stereocenters. The van der Waals surface area contributed by atoms with Gasteiger partial charge in [0, 0.05) is 0 Å². The van der Waals surface area contributed by atoms with Crippen LogP contribution in [0.25, 0.3) is 0 Å². The van der Waals surface area contributed by atoms with Crippen LogP contribution in [0, 0.1) is 5.82 Å². The van der Waals surface area contributed by atoms with E-state index < -0.39 is 17.8 Å². The summed E-state index contributed by atoms with van der Waals surface area (Å²) >= 11 is 0. The number of aromatic carboxylic acids is 1. The zero-order valence-electron chi connectivity index (χ0n) is 9.92. The van der Waals surface area contributed by atoms with Gasteiger partial charge in [-0.25, -0.2) is 14.0 Å². The van der Waals surface area contributed by atoms with Gasteiger partial charge in [-0.2, -0.15) is 5.21 Å². The minimum absolute atomic E-state index is 0.0138. The van der Waals surface area contributed by atoms with Crippen molar-refractivity contribution in [1.29, 1.82) is 0 Å². The molecule has 1 aromatic heterocycles. The summed E-state index contributed by atoms with van der Waals surface area (Å²) in [6.45, 7) is -0.0138. The highest BCUT2D eigenvalue weighted by Gasteiger charge is 2.13. The molecule has 0 aliphatic rings. The highest BCUT2D eigenvalue weighted by atomic mass is 19.1. The Morgan fingerprint density at radius 1 is 1.40 bits per heavy atom. The zero-order chi connectivity index (χ0) is 14.5. The number of carboxylic acids is 1. The van der Waals surface area contributed by atoms with Crippen molar-refractivity contribution in [2.24, 2.45) is 0 Å². The smallest absolute Gasteiger partial charge is 0.337 e. The topological polar surface area (TPSA) is 133 Å². The highest BCUT2D eigenvalue weighted by Crippen LogP contribution is 2.17. The lowest BCUT2D eigenvalue weighted by molar-refractivity contribution is 0.0698. The molecule has 1 aromatic carbocycles. The van der Waals surface area contributed by atoms with Gasteiger partial charge in [-0.05, 0) is 18.2 Å². The fraction of sp³-hybridized carbons (Fsp3) is 0.100. The summed E-state index contributed by atoms with van der Waals surface area (Å²) in [6.07, 6.45) is 0. The number of hydrogen-bond acceptors (Lipinski definition) is 5. The van der Waals surface area contributed by atoms with Crippen LogP contribution >= 0.6 is 0 Å². The molecule has 0 fully saturated rings. The van der Waals surface area contributed by atoms with Crippen molar-refractivity contribution >= 4 is 17.7 Å². The Hall–Kier alpha value is -3.04. The van der Waals surface area contributed by atoms with E-state index in [-0.39, 0.29) is 23.6 Å². The third-order valence-corrected chi connectivity index (χ3v) is 2.26. The molecular weight excluding hydrogens is 271 g/mol. The number of nitrogens with zero attached hydrogens (tertiary/aromatic N) is 3. The lowest BCUT2D eigenvalue weighted by Gasteiger charge is -2.09. The average Bonchev–Trinajstić information content (AvgIpc) is 2.89. The largest absolute Gasteiger partial charge is 0.478 e. The fourth-order valence-electron chi connectivity index (χ4n) is 1.39. The molecule has 104 valence electrons. The molecule has 0 saturated heterocycles. The SMILES string of the molecule is O=C(NCc1nn[nH]n1)Nc1cc(F)ccc1C(=O)O. The van der Waals surface area contributed by atoms with E-state index in [4.69, 9.17) is 5.11 Å². The normalized spacial score (nSPS) is 10.1. The van der Waals surface area contributed by atoms with E-state index in [1.165, 1.54) is 0 Å². The fourth-order valence-corrected chi connectivity index (χ4v) is 1.39. The Morgan fingerprint density at radius 3 is 2.85 bits per heavy atom. The van der Waals surface area contributed by atoms with Gasteiger partial charge in [-0.15, -0.1) is 10.2 Å². The number of H-pyrrole nitrogens is 1. The van der Waals surface area contributed by atoms with Gasteiger partial charge >= 0.3 is 12.0 Å². The molecular formula is C10H9FN6O3. The summed E-state index contributed by atoms with van der Waals surface area (Å²) in [4.78, 5) is 22.5. The molecule has 0 radical (unpaired) electrons. The van der Waals surface area contributed by atoms with Crippen LogP contribution in [-0.2, 0) is 6.54 Å². The number of halogens is 1. The number of aromatic nitrogens is 4. The number of amides is 2. The number of anilines is 1. The summed E-state index contributed by atoms with van der Waals surface area (Å²) in [7, 11) is 0. The maximum absolute atomic E-state index is 13.1. The Balaban J connectivity index is 2.03. The Kier molecular flexibility index (Phi) is 3.84. The number of hydrogen-bond donors (Lipinski definition) is 4. The van der Waals surface area contributed by atoms with Crippen molar-refractivity contribution in [2.75, 3.05) is 5.32 Å². The van der Waals surface area contributed by atoms with Gasteiger partial charge in [0.2, 0.25) is 0 Å². The number of rotatable bonds is 4. The first-order valence-electron chi connectivity index (χ1n) is 5.36. The second-order valence-electron chi connectivity index (χ2n) is 3.63. The number of nitrogens with one attached hydrogen (secondary N) is 3. The van der Waals surface area contributed by atoms with Crippen LogP contribution in [0.3, 0.4) is 0 Å². The predicted octanol–water partition coefficient (Wildman–Crippen LogP) is 0.359. The van der Waals surface area contributed by atoms with Gasteiger partial charge in [0.15, 0.2) is 5.82 Å². The first-order chi connectivity index (χ1) is 9.56. The second kappa shape index (κ2) is 5.73. The number of carboxylic acid groups (broad SMARTS) is 1. The van der Waals surface area contributed by atoms with E-state index in [9.17, 15) is 14.0 Å². The second-order valence-corrected chi connectivity index (χ2v) is 3.63. The lowest BCUT2D eigenvalue weighted by Crippen LogP contribution is -2.29. The predicted molar refractivity (Wildman–Crippen MR) is 63.4 cm³/mol. The highest BCUT2D eigenvalue weighted by molar-refractivity contribution is 5.99. The molecule has 0 bridgehead atoms. The van der Waals surface area contributed by atoms with E-state index >= 15 is 0 Å². The molecule has 20 heavy (non-hydrogen) atoms. The molecule has 2 rings (SSSR count). The molecule has 1 heterocycles. The Morgan fingerprint density at radius 2 is 2.20 bits per heavy atom. The Labute approximate surface area is 111 Å². The number of benzene rings is 1. The van der Waals surface area contributed by atoms with Crippen LogP contribution in [0.2, 0.25) is 0 Å². The van der Waals surface area contributed by atoms with Crippen molar-refractivity contribution < 1.29 is 19.1 Å². The first-order valence-corrected chi connectivity index (χ1v) is 5.36. The van der Waals surface area contributed by atoms with Crippen LogP contribution in [0.4, 0.5) is 14.9 Å². The average molecular weight is 280 g/mol. The van der Waals surface area contributed by atoms with Crippen molar-refractivity contribution in [2.45, 2.75) is 6.54 Å². The van der Waals surface area contributed by atoms with Crippen LogP contribution in [0.15, 0.2) is 18.2 Å². The van der Waals surface area contributed by atoms with Gasteiger partial charge < -0.3 is 15.7 Å². The van der Waals surface area contributed by atoms with Crippen LogP contribution in [-0.4, -0.2) is 37.7 Å². The monoisotopic (exact) mass is 280 g/mol. The van der Waals surface area contributed by atoms with E-state index in [1.54, 1.807) is 0 Å². The number of carbonyl (C=O) groups excluding carboxylic acids is 1. The van der Waals surface area contributed by atoms with Crippen LogP contribution in [0.1, 0.15) is 16.2 Å². The van der Waals surface area contributed by atoms with E-state index in [0.29, 0.717) is 0 Å². The van der Waals surface area contributed by atoms with E-state index in [0.717, 1.165) is 18.2 Å². The molecule has 10 heteroatoms. The van der Waals surface area contributed by atoms with Crippen molar-refractivity contribution in [3.8, 4) is 0 Å². The summed E-state index contributed by atoms with van der Waals surface area (Å²) in [6, 6.07) is 2.25. The van der Waals surface area contributed by atoms with E-state index in [1.807, 2.05) is 0 Å². The molecule has 0 unspecified atom stereocenters. The van der Waals surface area contributed by atoms with Crippen molar-refractivity contribution in [3.05, 3.63) is 35.4 Å². The standard InChI is InChI=1S/C10H9FN6O3/c11-5-1-2-6(9(18)19)7(3-5)13-10(20)12-4-8-14-16-17-15-8/h1-3H,4H2,(H,18,19)(H2,12,13,20)(H,14,15,16,17). The van der Waals surface area contributed by atoms with Gasteiger partial charge in [0.05, 0.1) is 17.8 Å². The number of urea groups is 1. The number of tetrazole rings is 1. The third-order valence-electron chi connectivity index (χ3n) is 2.26. The van der Waals surface area contributed by atoms with Gasteiger partial charge in [0.25, 0.3) is 0 Å². The van der Waals surface area contributed by atoms with Crippen LogP contribution < -0.4 is 10.6 Å². The maximum Gasteiger partial charge on any atom is 0.337 e. The summed E-state index contributed by atoms with van der Waals surface area (Å²) in [5.74, 6) is -1.69. The molecule has 0 spiro atoms. The zero-order valence-corrected chi connectivity index (χ0v) is 9.92. The molecule has 2 aromatic rings. The summed E-state index contributed by atoms with van der Waals surface area (Å²) in [5, 5.41) is 26.3. The molecule has 0 aliphatic heterocycles. The third kappa shape index (κ3) is 3.25. The van der Waals surface area contributed by atoms with Gasteiger partial charge in [-0.1, -0.05) is 5.21 Å². The van der Waals surface area contributed by atoms with Crippen molar-refractivity contribution in [1.82, 2.24) is 25.9 Å². The van der Waals surface area contributed by atoms with Gasteiger partial charge in [-0.3, -0.25) is 0 Å². The maximum atomic E-state index is 13.1. The van der Waals surface area contributed by atoms with Crippen LogP contribution in [0.5, 0.6) is 0 Å². The Bertz CT molecular complexity index is 630. The molecule has 2 amide bonds. The molecule has 4 N–H and O–H groups in total. The number of carbonyl (C=O) groups is 2. The minimum Gasteiger partial charge on any atom is -0.478 e. The molecule has 0 aliphatic carbocycles. The number of aromatic amines is 1. The van der Waals surface area contributed by atoms with E-state index in [2.05, 4.69) is 31.3 Å². The quantitative estimate of drug-likeness (QED) is 0.639. The summed E-state index contributed by atoms with van der Waals surface area (Å²) in [5.41, 5.74) is -0.371. The summed E-state index contributed by atoms with van der Waals surface area (Å²) < 4.78 is 13.1. The first kappa shape index (κ1) is 13.4. The van der Waals surface area contributed by atoms with Crippen molar-refractivity contribution in [3.63, 3.8) is 0 Å².